The van der Waals surface area contributed by atoms with Gasteiger partial charge in [0.1, 0.15) is 0 Å². The zero-order valence-electron chi connectivity index (χ0n) is 10.5. The van der Waals surface area contributed by atoms with Crippen LogP contribution >= 0.6 is 61.7 Å². The summed E-state index contributed by atoms with van der Waals surface area (Å²) >= 11 is 13.2. The third kappa shape index (κ3) is 8.38. The standard InChI is InChI=1S/C10H8N2.2CNS.2HI.Sn/c1-3-7-11-9(5-1)10-6-2-4-8-12-10;2*2-1-3;;;/h1-8H;;;2*1H;/q;2*-1;;;+4/p-2. The molecule has 0 aliphatic heterocycles. The predicted molar refractivity (Wildman–Crippen MR) is 111 cm³/mol. The number of hydrogen-bond acceptors (Lipinski definition) is 6. The minimum atomic E-state index is -2.61. The molecule has 0 saturated carbocycles. The third-order valence-corrected chi connectivity index (χ3v) is 11.7. The SMILES string of the molecule is S=C=[N][Sn]([I])([I])[N]=C=S.c1ccc(-c2ccccn2)nc1. The summed E-state index contributed by atoms with van der Waals surface area (Å²) in [5.74, 6) is 0. The van der Waals surface area contributed by atoms with Crippen LogP contribution in [-0.2, 0) is 0 Å². The van der Waals surface area contributed by atoms with Crippen molar-refractivity contribution in [1.29, 1.82) is 0 Å². The number of pyridine rings is 2. The molecule has 0 spiro atoms. The summed E-state index contributed by atoms with van der Waals surface area (Å²) in [4.78, 5) is 8.37. The predicted octanol–water partition coefficient (Wildman–Crippen LogP) is 4.64. The largest absolute Gasteiger partial charge is 0.255 e. The van der Waals surface area contributed by atoms with E-state index < -0.39 is 11.0 Å². The van der Waals surface area contributed by atoms with Crippen LogP contribution in [-0.4, -0.2) is 31.3 Å². The average Bonchev–Trinajstić information content (AvgIpc) is 2.49. The van der Waals surface area contributed by atoms with Crippen LogP contribution in [0.4, 0.5) is 0 Å². The molecule has 0 amide bonds. The summed E-state index contributed by atoms with van der Waals surface area (Å²) in [5, 5.41) is 4.60. The van der Waals surface area contributed by atoms with Crippen molar-refractivity contribution in [3.63, 3.8) is 0 Å². The quantitative estimate of drug-likeness (QED) is 0.212. The molecule has 2 heterocycles. The number of rotatable bonds is 3. The molecule has 0 saturated heterocycles. The Morgan fingerprint density at radius 2 is 1.29 bits per heavy atom. The maximum atomic E-state index is 4.42. The molecule has 0 unspecified atom stereocenters. The second kappa shape index (κ2) is 10.8. The molecule has 2 rings (SSSR count). The Balaban J connectivity index is 0.000000222. The Hall–Kier alpha value is 0.159. The van der Waals surface area contributed by atoms with Crippen molar-refractivity contribution in [2.45, 2.75) is 0 Å². The van der Waals surface area contributed by atoms with Gasteiger partial charge in [-0.1, -0.05) is 12.1 Å². The molecule has 21 heavy (non-hydrogen) atoms. The summed E-state index contributed by atoms with van der Waals surface area (Å²) in [6.07, 6.45) is 3.54. The molecule has 2 aromatic heterocycles. The van der Waals surface area contributed by atoms with Gasteiger partial charge in [-0.25, -0.2) is 0 Å². The van der Waals surface area contributed by atoms with Crippen LogP contribution in [0.5, 0.6) is 0 Å². The molecule has 0 atom stereocenters. The summed E-state index contributed by atoms with van der Waals surface area (Å²) in [7, 11) is -2.61. The zero-order chi connectivity index (χ0) is 15.6. The van der Waals surface area contributed by atoms with Gasteiger partial charge in [0.2, 0.25) is 0 Å². The fourth-order valence-electron chi connectivity index (χ4n) is 1.16. The normalized spacial score (nSPS) is 9.43. The number of halogens is 2. The molecule has 0 N–H and O–H groups in total. The maximum Gasteiger partial charge on any atom is 0.0886 e. The first-order valence-corrected chi connectivity index (χ1v) is 25.5. The van der Waals surface area contributed by atoms with Crippen molar-refractivity contribution < 1.29 is 0 Å². The molecular weight excluding hydrogens is 637 g/mol. The smallest absolute Gasteiger partial charge is 0.0886 e. The van der Waals surface area contributed by atoms with E-state index in [2.05, 4.69) is 88.4 Å². The summed E-state index contributed by atoms with van der Waals surface area (Å²) < 4.78 is 7.80. The fourth-order valence-corrected chi connectivity index (χ4v) is 11.3. The molecule has 0 radical (unpaired) electrons. The van der Waals surface area contributed by atoms with Gasteiger partial charge in [-0.05, 0) is 24.3 Å². The number of hydrogen-bond donors (Lipinski definition) is 0. The van der Waals surface area contributed by atoms with Gasteiger partial charge in [0.25, 0.3) is 0 Å². The van der Waals surface area contributed by atoms with Gasteiger partial charge in [0.05, 0.1) is 11.4 Å². The topological polar surface area (TPSA) is 50.5 Å². The van der Waals surface area contributed by atoms with Crippen molar-refractivity contribution in [3.05, 3.63) is 48.8 Å². The first-order chi connectivity index (χ1) is 10.1. The monoisotopic (exact) mass is 646 g/mol. The van der Waals surface area contributed by atoms with Crippen LogP contribution in [0.1, 0.15) is 0 Å². The van der Waals surface area contributed by atoms with Gasteiger partial charge in [0.15, 0.2) is 0 Å². The molecule has 4 nitrogen and oxygen atoms in total. The van der Waals surface area contributed by atoms with E-state index in [9.17, 15) is 0 Å². The van der Waals surface area contributed by atoms with Gasteiger partial charge in [-0.15, -0.1) is 0 Å². The van der Waals surface area contributed by atoms with Crippen LogP contribution in [0.2, 0.25) is 0 Å². The Bertz CT molecular complexity index is 600. The van der Waals surface area contributed by atoms with E-state index in [1.165, 1.54) is 0 Å². The van der Waals surface area contributed by atoms with Crippen molar-refractivity contribution >= 4 is 83.0 Å². The first kappa shape index (κ1) is 19.2. The fraction of sp³-hybridized carbons (Fsp3) is 0. The van der Waals surface area contributed by atoms with Crippen LogP contribution in [0.25, 0.3) is 11.4 Å². The van der Waals surface area contributed by atoms with Gasteiger partial charge in [0, 0.05) is 12.4 Å². The molecular formula is C12H8I2N4S2Sn. The number of aromatic nitrogens is 2. The van der Waals surface area contributed by atoms with E-state index in [0.717, 1.165) is 11.4 Å². The van der Waals surface area contributed by atoms with Gasteiger partial charge in [-0.3, -0.25) is 9.97 Å². The molecule has 0 bridgehead atoms. The number of isothiocyanates is 2. The minimum absolute atomic E-state index is 0.915. The zero-order valence-corrected chi connectivity index (χ0v) is 19.3. The Kier molecular flexibility index (Phi) is 9.89. The second-order valence-corrected chi connectivity index (χ2v) is 41.9. The second-order valence-electron chi connectivity index (χ2n) is 3.35. The van der Waals surface area contributed by atoms with Crippen molar-refractivity contribution in [2.24, 2.45) is 6.43 Å². The van der Waals surface area contributed by atoms with Gasteiger partial charge < -0.3 is 0 Å². The molecule has 0 fully saturated rings. The van der Waals surface area contributed by atoms with E-state index in [1.54, 1.807) is 12.4 Å². The van der Waals surface area contributed by atoms with Crippen molar-refractivity contribution in [3.8, 4) is 11.4 Å². The summed E-state index contributed by atoms with van der Waals surface area (Å²) in [6, 6.07) is 11.6. The van der Waals surface area contributed by atoms with E-state index in [4.69, 9.17) is 0 Å². The third-order valence-electron chi connectivity index (χ3n) is 1.95. The van der Waals surface area contributed by atoms with Gasteiger partial charge >= 0.3 is 89.4 Å². The maximum absolute atomic E-state index is 4.42. The van der Waals surface area contributed by atoms with E-state index >= 15 is 0 Å². The van der Waals surface area contributed by atoms with Gasteiger partial charge in [-0.2, -0.15) is 0 Å². The average molecular weight is 645 g/mol. The molecule has 9 heteroatoms. The molecule has 0 aliphatic rings. The Labute approximate surface area is 157 Å². The number of thiocarbonyl (C=S) groups is 2. The van der Waals surface area contributed by atoms with Crippen molar-refractivity contribution in [2.75, 3.05) is 0 Å². The van der Waals surface area contributed by atoms with Crippen LogP contribution < -0.4 is 0 Å². The Morgan fingerprint density at radius 3 is 1.57 bits per heavy atom. The van der Waals surface area contributed by atoms with Crippen LogP contribution in [0, 0.1) is 0 Å². The molecule has 106 valence electrons. The van der Waals surface area contributed by atoms with E-state index in [1.807, 2.05) is 36.4 Å². The van der Waals surface area contributed by atoms with Crippen LogP contribution in [0.3, 0.4) is 0 Å². The summed E-state index contributed by atoms with van der Waals surface area (Å²) in [6.45, 7) is 0. The first-order valence-electron chi connectivity index (χ1n) is 5.47. The van der Waals surface area contributed by atoms with Crippen molar-refractivity contribution in [1.82, 2.24) is 9.97 Å². The van der Waals surface area contributed by atoms with E-state index in [-0.39, 0.29) is 0 Å². The van der Waals surface area contributed by atoms with E-state index in [0.29, 0.717) is 0 Å². The Morgan fingerprint density at radius 1 is 0.857 bits per heavy atom. The molecule has 0 aromatic carbocycles. The molecule has 0 aliphatic carbocycles. The summed E-state index contributed by atoms with van der Waals surface area (Å²) in [5.41, 5.74) is 1.83. The number of nitrogens with zero attached hydrogens (tertiary/aromatic N) is 4. The van der Waals surface area contributed by atoms with Crippen LogP contribution in [0.15, 0.2) is 55.2 Å². The molecule has 2 aromatic rings. The minimum Gasteiger partial charge on any atom is -0.255 e.